The lowest BCUT2D eigenvalue weighted by Gasteiger charge is -2.13. The van der Waals surface area contributed by atoms with E-state index in [1.807, 2.05) is 18.2 Å². The molecule has 1 fully saturated rings. The van der Waals surface area contributed by atoms with Gasteiger partial charge in [-0.25, -0.2) is 0 Å². The molecule has 2 heterocycles. The molecular formula is C14H17N3O3. The zero-order chi connectivity index (χ0) is 13.9. The number of fused-ring (bicyclic) bond motifs is 1. The van der Waals surface area contributed by atoms with Gasteiger partial charge in [0.1, 0.15) is 18.4 Å². The lowest BCUT2D eigenvalue weighted by molar-refractivity contribution is -0.122. The van der Waals surface area contributed by atoms with Crippen LogP contribution in [0.25, 0.3) is 0 Å². The molecular weight excluding hydrogens is 258 g/mol. The van der Waals surface area contributed by atoms with E-state index in [4.69, 9.17) is 4.74 Å². The monoisotopic (exact) mass is 275 g/mol. The predicted octanol–water partition coefficient (Wildman–Crippen LogP) is 0.386. The number of hydrogen-bond acceptors (Lipinski definition) is 4. The number of ether oxygens (including phenoxy) is 1. The van der Waals surface area contributed by atoms with E-state index >= 15 is 0 Å². The van der Waals surface area contributed by atoms with E-state index in [1.165, 1.54) is 0 Å². The third-order valence-electron chi connectivity index (χ3n) is 3.49. The highest BCUT2D eigenvalue weighted by Crippen LogP contribution is 2.24. The first-order valence-electron chi connectivity index (χ1n) is 6.79. The predicted molar refractivity (Wildman–Crippen MR) is 73.4 cm³/mol. The third-order valence-corrected chi connectivity index (χ3v) is 3.49. The van der Waals surface area contributed by atoms with Crippen molar-refractivity contribution in [3.8, 4) is 5.75 Å². The van der Waals surface area contributed by atoms with Crippen molar-refractivity contribution in [2.24, 2.45) is 0 Å². The van der Waals surface area contributed by atoms with E-state index < -0.39 is 6.04 Å². The second kappa shape index (κ2) is 5.50. The normalized spacial score (nSPS) is 21.4. The maximum absolute atomic E-state index is 12.0. The first-order valence-corrected chi connectivity index (χ1v) is 6.79. The van der Waals surface area contributed by atoms with Crippen LogP contribution in [0.3, 0.4) is 0 Å². The quantitative estimate of drug-likeness (QED) is 0.729. The summed E-state index contributed by atoms with van der Waals surface area (Å²) in [6.45, 7) is 2.18. The highest BCUT2D eigenvalue weighted by Gasteiger charge is 2.27. The Morgan fingerprint density at radius 2 is 2.30 bits per heavy atom. The SMILES string of the molecule is O=C1CC[C@H](C(=O)Nc2ccc3c(c2)CNCCO3)N1. The van der Waals surface area contributed by atoms with Gasteiger partial charge in [-0.1, -0.05) is 0 Å². The van der Waals surface area contributed by atoms with Crippen LogP contribution in [0.4, 0.5) is 5.69 Å². The second-order valence-electron chi connectivity index (χ2n) is 5.00. The number of anilines is 1. The fourth-order valence-electron chi connectivity index (χ4n) is 2.43. The van der Waals surface area contributed by atoms with Crippen LogP contribution in [-0.4, -0.2) is 31.0 Å². The Morgan fingerprint density at radius 1 is 1.40 bits per heavy atom. The summed E-state index contributed by atoms with van der Waals surface area (Å²) in [5, 5.41) is 8.75. The summed E-state index contributed by atoms with van der Waals surface area (Å²) in [7, 11) is 0. The Morgan fingerprint density at radius 3 is 3.10 bits per heavy atom. The molecule has 0 spiro atoms. The van der Waals surface area contributed by atoms with Gasteiger partial charge < -0.3 is 20.7 Å². The minimum absolute atomic E-state index is 0.0651. The summed E-state index contributed by atoms with van der Waals surface area (Å²) < 4.78 is 5.59. The van der Waals surface area contributed by atoms with Crippen LogP contribution in [-0.2, 0) is 16.1 Å². The van der Waals surface area contributed by atoms with Gasteiger partial charge in [-0.15, -0.1) is 0 Å². The molecule has 6 heteroatoms. The number of nitrogens with one attached hydrogen (secondary N) is 3. The van der Waals surface area contributed by atoms with Crippen molar-refractivity contribution in [3.05, 3.63) is 23.8 Å². The van der Waals surface area contributed by atoms with Crippen LogP contribution in [0.15, 0.2) is 18.2 Å². The Labute approximate surface area is 116 Å². The largest absolute Gasteiger partial charge is 0.492 e. The van der Waals surface area contributed by atoms with Crippen LogP contribution >= 0.6 is 0 Å². The van der Waals surface area contributed by atoms with Crippen molar-refractivity contribution >= 4 is 17.5 Å². The van der Waals surface area contributed by atoms with E-state index in [-0.39, 0.29) is 11.8 Å². The van der Waals surface area contributed by atoms with Gasteiger partial charge in [0, 0.05) is 30.8 Å². The molecule has 6 nitrogen and oxygen atoms in total. The zero-order valence-corrected chi connectivity index (χ0v) is 11.1. The number of benzene rings is 1. The molecule has 0 saturated carbocycles. The van der Waals surface area contributed by atoms with Gasteiger partial charge in [-0.2, -0.15) is 0 Å². The number of hydrogen-bond donors (Lipinski definition) is 3. The van der Waals surface area contributed by atoms with Gasteiger partial charge in [0.15, 0.2) is 0 Å². The van der Waals surface area contributed by atoms with Crippen LogP contribution in [0.2, 0.25) is 0 Å². The van der Waals surface area contributed by atoms with Crippen molar-refractivity contribution in [2.45, 2.75) is 25.4 Å². The molecule has 1 aromatic rings. The van der Waals surface area contributed by atoms with Crippen LogP contribution in [0.1, 0.15) is 18.4 Å². The van der Waals surface area contributed by atoms with Crippen molar-refractivity contribution in [1.82, 2.24) is 10.6 Å². The maximum atomic E-state index is 12.0. The van der Waals surface area contributed by atoms with Gasteiger partial charge >= 0.3 is 0 Å². The van der Waals surface area contributed by atoms with E-state index in [1.54, 1.807) is 0 Å². The van der Waals surface area contributed by atoms with Crippen LogP contribution in [0, 0.1) is 0 Å². The molecule has 0 radical (unpaired) electrons. The fourth-order valence-corrected chi connectivity index (χ4v) is 2.43. The zero-order valence-electron chi connectivity index (χ0n) is 11.1. The molecule has 3 rings (SSSR count). The summed E-state index contributed by atoms with van der Waals surface area (Å²) in [4.78, 5) is 23.1. The average Bonchev–Trinajstić information content (AvgIpc) is 2.74. The smallest absolute Gasteiger partial charge is 0.246 e. The summed E-state index contributed by atoms with van der Waals surface area (Å²) in [6.07, 6.45) is 0.973. The molecule has 3 N–H and O–H groups in total. The second-order valence-corrected chi connectivity index (χ2v) is 5.00. The lowest BCUT2D eigenvalue weighted by atomic mass is 10.1. The molecule has 2 aliphatic rings. The average molecular weight is 275 g/mol. The van der Waals surface area contributed by atoms with E-state index in [2.05, 4.69) is 16.0 Å². The summed E-state index contributed by atoms with van der Waals surface area (Å²) in [5.41, 5.74) is 1.75. The summed E-state index contributed by atoms with van der Waals surface area (Å²) in [6, 6.07) is 5.17. The Kier molecular flexibility index (Phi) is 3.56. The molecule has 2 amide bonds. The van der Waals surface area contributed by atoms with Crippen LogP contribution < -0.4 is 20.7 Å². The number of carbonyl (C=O) groups excluding carboxylic acids is 2. The van der Waals surface area contributed by atoms with E-state index in [0.717, 1.165) is 30.1 Å². The molecule has 1 atom stereocenters. The highest BCUT2D eigenvalue weighted by atomic mass is 16.5. The summed E-state index contributed by atoms with van der Waals surface area (Å²) >= 11 is 0. The molecule has 0 aromatic heterocycles. The molecule has 2 aliphatic heterocycles. The number of rotatable bonds is 2. The molecule has 20 heavy (non-hydrogen) atoms. The van der Waals surface area contributed by atoms with Crippen LogP contribution in [0.5, 0.6) is 5.75 Å². The lowest BCUT2D eigenvalue weighted by Crippen LogP contribution is -2.37. The van der Waals surface area contributed by atoms with Crippen molar-refractivity contribution in [1.29, 1.82) is 0 Å². The molecule has 0 unspecified atom stereocenters. The Hall–Kier alpha value is -2.08. The minimum atomic E-state index is -0.421. The topological polar surface area (TPSA) is 79.5 Å². The highest BCUT2D eigenvalue weighted by molar-refractivity contribution is 5.99. The molecule has 1 aromatic carbocycles. The standard InChI is InChI=1S/C14H17N3O3/c18-13-4-2-11(17-13)14(19)16-10-1-3-12-9(7-10)8-15-5-6-20-12/h1,3,7,11,15H,2,4-6,8H2,(H,16,19)(H,17,18)/t11-/m1/s1. The van der Waals surface area contributed by atoms with Crippen molar-refractivity contribution < 1.29 is 14.3 Å². The van der Waals surface area contributed by atoms with Gasteiger partial charge in [-0.3, -0.25) is 9.59 Å². The van der Waals surface area contributed by atoms with Crippen molar-refractivity contribution in [3.63, 3.8) is 0 Å². The molecule has 0 bridgehead atoms. The molecule has 1 saturated heterocycles. The minimum Gasteiger partial charge on any atom is -0.492 e. The summed E-state index contributed by atoms with van der Waals surface area (Å²) in [5.74, 6) is 0.616. The van der Waals surface area contributed by atoms with Gasteiger partial charge in [-0.05, 0) is 24.6 Å². The fraction of sp³-hybridized carbons (Fsp3) is 0.429. The maximum Gasteiger partial charge on any atom is 0.246 e. The first-order chi connectivity index (χ1) is 9.72. The molecule has 0 aliphatic carbocycles. The van der Waals surface area contributed by atoms with E-state index in [9.17, 15) is 9.59 Å². The number of carbonyl (C=O) groups is 2. The molecule has 106 valence electrons. The Balaban J connectivity index is 1.70. The van der Waals surface area contributed by atoms with Gasteiger partial charge in [0.05, 0.1) is 0 Å². The Bertz CT molecular complexity index is 544. The first kappa shape index (κ1) is 12.9. The van der Waals surface area contributed by atoms with Gasteiger partial charge in [0.2, 0.25) is 11.8 Å². The number of amides is 2. The van der Waals surface area contributed by atoms with Crippen molar-refractivity contribution in [2.75, 3.05) is 18.5 Å². The van der Waals surface area contributed by atoms with Gasteiger partial charge in [0.25, 0.3) is 0 Å². The third kappa shape index (κ3) is 2.75. The van der Waals surface area contributed by atoms with E-state index in [0.29, 0.717) is 19.4 Å².